The molecule has 1 saturated heterocycles. The number of nitrogens with two attached hydrogens (primary N) is 1. The molecule has 9 heteroatoms. The van der Waals surface area contributed by atoms with Gasteiger partial charge in [-0.25, -0.2) is 4.79 Å². The molecule has 0 aliphatic carbocycles. The van der Waals surface area contributed by atoms with Crippen molar-refractivity contribution in [1.82, 2.24) is 14.7 Å². The fourth-order valence-electron chi connectivity index (χ4n) is 4.64. The van der Waals surface area contributed by atoms with Gasteiger partial charge in [0, 0.05) is 56.2 Å². The Balaban J connectivity index is 1.38. The number of amides is 3. The zero-order valence-electron chi connectivity index (χ0n) is 23.8. The van der Waals surface area contributed by atoms with E-state index in [-0.39, 0.29) is 11.9 Å². The van der Waals surface area contributed by atoms with Crippen LogP contribution in [-0.4, -0.2) is 87.0 Å². The number of piperazine rings is 1. The zero-order valence-corrected chi connectivity index (χ0v) is 23.8. The molecule has 40 heavy (non-hydrogen) atoms. The smallest absolute Gasteiger partial charge is 0.322 e. The summed E-state index contributed by atoms with van der Waals surface area (Å²) >= 11 is 0. The predicted molar refractivity (Wildman–Crippen MR) is 164 cm³/mol. The maximum Gasteiger partial charge on any atom is 0.322 e. The molecule has 9 nitrogen and oxygen atoms in total. The van der Waals surface area contributed by atoms with Crippen molar-refractivity contribution in [3.63, 3.8) is 0 Å². The highest BCUT2D eigenvalue weighted by molar-refractivity contribution is 6.05. The number of nitrogens with zero attached hydrogens (tertiary/aromatic N) is 4. The molecule has 0 spiro atoms. The van der Waals surface area contributed by atoms with Gasteiger partial charge >= 0.3 is 6.03 Å². The van der Waals surface area contributed by atoms with Crippen molar-refractivity contribution in [2.24, 2.45) is 0 Å². The van der Waals surface area contributed by atoms with Gasteiger partial charge in [-0.1, -0.05) is 24.3 Å². The molecule has 0 saturated carbocycles. The van der Waals surface area contributed by atoms with Gasteiger partial charge < -0.3 is 36.0 Å². The third-order valence-corrected chi connectivity index (χ3v) is 7.11. The van der Waals surface area contributed by atoms with Crippen LogP contribution in [0.5, 0.6) is 0 Å². The molecule has 1 aliphatic heterocycles. The average molecular weight is 544 g/mol. The molecule has 1 heterocycles. The van der Waals surface area contributed by atoms with Crippen molar-refractivity contribution in [3.8, 4) is 0 Å². The lowest BCUT2D eigenvalue weighted by atomic mass is 10.1. The number of carbonyl (C=O) groups is 2. The summed E-state index contributed by atoms with van der Waals surface area (Å²) in [6.07, 6.45) is 0.849. The summed E-state index contributed by atoms with van der Waals surface area (Å²) in [6.45, 7) is 6.03. The lowest BCUT2D eigenvalue weighted by Crippen LogP contribution is -2.44. The predicted octanol–water partition coefficient (Wildman–Crippen LogP) is 4.26. The molecular formula is C31H41N7O2. The molecule has 0 atom stereocenters. The third-order valence-electron chi connectivity index (χ3n) is 7.11. The number of rotatable bonds is 10. The standard InChI is InChI=1S/C31H41N7O2/c1-35(2)17-6-18-38(31(40)33-26-13-15-27(16-14-26)37-21-19-36(3)20-22-37)23-24-9-11-25(12-10-24)30(39)34-29-8-5-4-7-28(29)32/h4-5,7-16H,6,17-23,32H2,1-3H3,(H,33,40)(H,34,39). The third kappa shape index (κ3) is 8.21. The van der Waals surface area contributed by atoms with Gasteiger partial charge in [-0.2, -0.15) is 0 Å². The topological polar surface area (TPSA) is 97.2 Å². The van der Waals surface area contributed by atoms with Crippen LogP contribution in [0.15, 0.2) is 72.8 Å². The SMILES string of the molecule is CN(C)CCCN(Cc1ccc(C(=O)Nc2ccccc2N)cc1)C(=O)Nc1ccc(N2CCN(C)CC2)cc1. The van der Waals surface area contributed by atoms with Crippen LogP contribution in [-0.2, 0) is 6.54 Å². The van der Waals surface area contributed by atoms with Gasteiger partial charge in [-0.3, -0.25) is 4.79 Å². The van der Waals surface area contributed by atoms with E-state index in [0.29, 0.717) is 30.0 Å². The molecule has 1 fully saturated rings. The minimum Gasteiger partial charge on any atom is -0.397 e. The maximum absolute atomic E-state index is 13.3. The Morgan fingerprint density at radius 3 is 2.17 bits per heavy atom. The minimum atomic E-state index is -0.231. The second-order valence-corrected chi connectivity index (χ2v) is 10.6. The number of carbonyl (C=O) groups excluding carboxylic acids is 2. The molecule has 0 aromatic heterocycles. The highest BCUT2D eigenvalue weighted by atomic mass is 16.2. The van der Waals surface area contributed by atoms with E-state index in [4.69, 9.17) is 5.73 Å². The van der Waals surface area contributed by atoms with Crippen LogP contribution >= 0.6 is 0 Å². The Morgan fingerprint density at radius 2 is 1.52 bits per heavy atom. The first kappa shape index (κ1) is 28.9. The number of para-hydroxylation sites is 2. The van der Waals surface area contributed by atoms with E-state index in [0.717, 1.165) is 50.4 Å². The number of nitrogens with one attached hydrogen (secondary N) is 2. The zero-order chi connectivity index (χ0) is 28.5. The van der Waals surface area contributed by atoms with Crippen molar-refractivity contribution < 1.29 is 9.59 Å². The molecule has 0 radical (unpaired) electrons. The summed E-state index contributed by atoms with van der Waals surface area (Å²) in [7, 11) is 6.20. The van der Waals surface area contributed by atoms with E-state index < -0.39 is 0 Å². The number of nitrogen functional groups attached to an aromatic ring is 1. The summed E-state index contributed by atoms with van der Waals surface area (Å²) in [5.74, 6) is -0.231. The molecule has 3 amide bonds. The van der Waals surface area contributed by atoms with Gasteiger partial charge in [0.15, 0.2) is 0 Å². The van der Waals surface area contributed by atoms with Crippen molar-refractivity contribution in [2.45, 2.75) is 13.0 Å². The van der Waals surface area contributed by atoms with Crippen LogP contribution in [0, 0.1) is 0 Å². The summed E-state index contributed by atoms with van der Waals surface area (Å²) < 4.78 is 0. The second-order valence-electron chi connectivity index (χ2n) is 10.6. The van der Waals surface area contributed by atoms with E-state index in [1.165, 1.54) is 5.69 Å². The fraction of sp³-hybridized carbons (Fsp3) is 0.355. The molecular weight excluding hydrogens is 502 g/mol. The number of anilines is 4. The number of likely N-dealkylation sites (N-methyl/N-ethyl adjacent to an activating group) is 1. The van der Waals surface area contributed by atoms with E-state index >= 15 is 0 Å². The van der Waals surface area contributed by atoms with Gasteiger partial charge in [0.25, 0.3) is 5.91 Å². The Morgan fingerprint density at radius 1 is 0.850 bits per heavy atom. The van der Waals surface area contributed by atoms with Crippen LogP contribution in [0.2, 0.25) is 0 Å². The van der Waals surface area contributed by atoms with Gasteiger partial charge in [-0.05, 0) is 88.2 Å². The van der Waals surface area contributed by atoms with Crippen LogP contribution in [0.1, 0.15) is 22.3 Å². The fourth-order valence-corrected chi connectivity index (χ4v) is 4.64. The number of urea groups is 1. The van der Waals surface area contributed by atoms with Gasteiger partial charge in [-0.15, -0.1) is 0 Å². The van der Waals surface area contributed by atoms with Crippen molar-refractivity contribution in [2.75, 3.05) is 81.7 Å². The first-order valence-corrected chi connectivity index (χ1v) is 13.8. The normalized spacial score (nSPS) is 13.8. The average Bonchev–Trinajstić information content (AvgIpc) is 2.95. The number of hydrogen-bond acceptors (Lipinski definition) is 6. The maximum atomic E-state index is 13.3. The van der Waals surface area contributed by atoms with E-state index in [1.54, 1.807) is 24.3 Å². The summed E-state index contributed by atoms with van der Waals surface area (Å²) in [4.78, 5) is 34.7. The number of hydrogen-bond donors (Lipinski definition) is 3. The van der Waals surface area contributed by atoms with Gasteiger partial charge in [0.1, 0.15) is 0 Å². The highest BCUT2D eigenvalue weighted by Crippen LogP contribution is 2.21. The Hall–Kier alpha value is -4.08. The van der Waals surface area contributed by atoms with Crippen molar-refractivity contribution >= 4 is 34.7 Å². The largest absolute Gasteiger partial charge is 0.397 e. The first-order valence-electron chi connectivity index (χ1n) is 13.8. The van der Waals surface area contributed by atoms with E-state index in [1.807, 2.05) is 55.4 Å². The quantitative estimate of drug-likeness (QED) is 0.331. The number of benzene rings is 3. The molecule has 3 aromatic carbocycles. The van der Waals surface area contributed by atoms with Crippen LogP contribution in [0.3, 0.4) is 0 Å². The van der Waals surface area contributed by atoms with E-state index in [9.17, 15) is 9.59 Å². The van der Waals surface area contributed by atoms with Gasteiger partial charge in [0.2, 0.25) is 0 Å². The Bertz CT molecular complexity index is 1250. The second kappa shape index (κ2) is 13.8. The highest BCUT2D eigenvalue weighted by Gasteiger charge is 2.17. The lowest BCUT2D eigenvalue weighted by molar-refractivity contribution is 0.102. The molecule has 1 aliphatic rings. The van der Waals surface area contributed by atoms with Crippen molar-refractivity contribution in [3.05, 3.63) is 83.9 Å². The molecule has 4 N–H and O–H groups in total. The summed E-state index contributed by atoms with van der Waals surface area (Å²) in [5, 5.41) is 5.92. The first-order chi connectivity index (χ1) is 19.3. The molecule has 0 unspecified atom stereocenters. The van der Waals surface area contributed by atoms with Crippen molar-refractivity contribution in [1.29, 1.82) is 0 Å². The van der Waals surface area contributed by atoms with Crippen LogP contribution in [0.25, 0.3) is 0 Å². The minimum absolute atomic E-state index is 0.146. The van der Waals surface area contributed by atoms with E-state index in [2.05, 4.69) is 44.5 Å². The summed E-state index contributed by atoms with van der Waals surface area (Å²) in [5.41, 5.74) is 10.5. The van der Waals surface area contributed by atoms with Crippen LogP contribution < -0.4 is 21.3 Å². The summed E-state index contributed by atoms with van der Waals surface area (Å²) in [6, 6.07) is 22.4. The Labute approximate surface area is 237 Å². The van der Waals surface area contributed by atoms with Gasteiger partial charge in [0.05, 0.1) is 11.4 Å². The molecule has 4 rings (SSSR count). The Kier molecular flexibility index (Phi) is 9.99. The molecule has 3 aromatic rings. The molecule has 0 bridgehead atoms. The lowest BCUT2D eigenvalue weighted by Gasteiger charge is -2.34. The monoisotopic (exact) mass is 543 g/mol. The van der Waals surface area contributed by atoms with Crippen LogP contribution in [0.4, 0.5) is 27.5 Å². The molecule has 212 valence electrons.